The lowest BCUT2D eigenvalue weighted by Crippen LogP contribution is -2.68. The number of H-pyrrole nitrogens is 1. The Kier molecular flexibility index (Phi) is 3.50. The van der Waals surface area contributed by atoms with Crippen molar-refractivity contribution in [2.45, 2.75) is 43.7 Å². The van der Waals surface area contributed by atoms with Gasteiger partial charge in [-0.2, -0.15) is 0 Å². The Morgan fingerprint density at radius 2 is 2.23 bits per heavy atom. The second-order valence-electron chi connectivity index (χ2n) is 8.39. The summed E-state index contributed by atoms with van der Waals surface area (Å²) < 4.78 is 5.39. The molecular formula is C21H26N2O3. The molecule has 1 aliphatic carbocycles. The molecule has 4 bridgehead atoms. The average molecular weight is 354 g/mol. The molecule has 2 N–H and O–H groups in total. The lowest BCUT2D eigenvalue weighted by molar-refractivity contribution is -0.166. The van der Waals surface area contributed by atoms with Crippen molar-refractivity contribution < 1.29 is 14.6 Å². The molecule has 1 unspecified atom stereocenters. The highest BCUT2D eigenvalue weighted by Crippen LogP contribution is 2.55. The van der Waals surface area contributed by atoms with Crippen LogP contribution >= 0.6 is 0 Å². The molecule has 0 radical (unpaired) electrons. The van der Waals surface area contributed by atoms with Gasteiger partial charge in [0.25, 0.3) is 0 Å². The van der Waals surface area contributed by atoms with Crippen LogP contribution in [-0.4, -0.2) is 53.3 Å². The minimum atomic E-state index is -0.706. The van der Waals surface area contributed by atoms with Gasteiger partial charge >= 0.3 is 5.97 Å². The number of methoxy groups -OCH3 is 1. The van der Waals surface area contributed by atoms with Crippen molar-refractivity contribution >= 4 is 16.9 Å². The number of piperidine rings is 2. The minimum absolute atomic E-state index is 0.00531. The van der Waals surface area contributed by atoms with Gasteiger partial charge in [-0.05, 0) is 43.7 Å². The van der Waals surface area contributed by atoms with E-state index in [9.17, 15) is 9.90 Å². The number of aliphatic hydroxyl groups excluding tert-OH is 1. The summed E-state index contributed by atoms with van der Waals surface area (Å²) in [5, 5.41) is 11.7. The van der Waals surface area contributed by atoms with Crippen LogP contribution in [0.25, 0.3) is 10.9 Å². The van der Waals surface area contributed by atoms with E-state index in [4.69, 9.17) is 4.74 Å². The van der Waals surface area contributed by atoms with Crippen LogP contribution in [0, 0.1) is 11.8 Å². The van der Waals surface area contributed by atoms with Crippen LogP contribution in [-0.2, 0) is 21.4 Å². The molecule has 1 aromatic carbocycles. The molecule has 6 rings (SSSR count). The first-order valence-corrected chi connectivity index (χ1v) is 9.67. The number of aromatic nitrogens is 1. The van der Waals surface area contributed by atoms with Gasteiger partial charge in [0.1, 0.15) is 5.41 Å². The third-order valence-corrected chi connectivity index (χ3v) is 7.09. The van der Waals surface area contributed by atoms with Gasteiger partial charge in [-0.15, -0.1) is 0 Å². The highest BCUT2D eigenvalue weighted by molar-refractivity contribution is 5.91. The Morgan fingerprint density at radius 1 is 1.42 bits per heavy atom. The van der Waals surface area contributed by atoms with Crippen molar-refractivity contribution in [3.05, 3.63) is 35.5 Å². The lowest BCUT2D eigenvalue weighted by atomic mass is 9.56. The first-order valence-electron chi connectivity index (χ1n) is 9.67. The predicted octanol–water partition coefficient (Wildman–Crippen LogP) is 2.23. The molecule has 138 valence electrons. The number of benzene rings is 1. The maximum absolute atomic E-state index is 13.3. The summed E-state index contributed by atoms with van der Waals surface area (Å²) in [7, 11) is 1.49. The van der Waals surface area contributed by atoms with E-state index in [1.54, 1.807) is 0 Å². The molecule has 4 aliphatic rings. The number of rotatable bonds is 2. The fraction of sp³-hybridized carbons (Fsp3) is 0.571. The fourth-order valence-electron chi connectivity index (χ4n) is 6.23. The highest BCUT2D eigenvalue weighted by atomic mass is 16.5. The van der Waals surface area contributed by atoms with Gasteiger partial charge in [0.15, 0.2) is 0 Å². The SMILES string of the molecule is COC(=O)[C@@]12C[C@H]3C[C@@H]([C@H](C)O)[C@@H]1N(CCc1c2[nH]c2ccccc12)C3. The van der Waals surface area contributed by atoms with E-state index in [1.807, 2.05) is 13.0 Å². The normalized spacial score (nSPS) is 36.4. The molecule has 5 nitrogen and oxygen atoms in total. The van der Waals surface area contributed by atoms with E-state index in [-0.39, 0.29) is 17.9 Å². The van der Waals surface area contributed by atoms with Crippen molar-refractivity contribution in [3.63, 3.8) is 0 Å². The van der Waals surface area contributed by atoms with Crippen LogP contribution in [0.1, 0.15) is 31.0 Å². The molecule has 0 amide bonds. The number of para-hydroxylation sites is 1. The number of carbonyl (C=O) groups is 1. The number of ether oxygens (including phenoxy) is 1. The number of fused-ring (bicyclic) bond motifs is 4. The smallest absolute Gasteiger partial charge is 0.319 e. The third-order valence-electron chi connectivity index (χ3n) is 7.09. The van der Waals surface area contributed by atoms with Crippen molar-refractivity contribution in [1.29, 1.82) is 0 Å². The summed E-state index contributed by atoms with van der Waals surface area (Å²) in [6.45, 7) is 3.82. The second kappa shape index (κ2) is 5.57. The second-order valence-corrected chi connectivity index (χ2v) is 8.39. The van der Waals surface area contributed by atoms with Gasteiger partial charge in [-0.1, -0.05) is 18.2 Å². The maximum atomic E-state index is 13.3. The number of aromatic amines is 1. The summed E-state index contributed by atoms with van der Waals surface area (Å²) >= 11 is 0. The van der Waals surface area contributed by atoms with Crippen molar-refractivity contribution in [3.8, 4) is 0 Å². The Balaban J connectivity index is 1.80. The van der Waals surface area contributed by atoms with Gasteiger partial charge < -0.3 is 14.8 Å². The van der Waals surface area contributed by atoms with Gasteiger partial charge in [-0.3, -0.25) is 9.69 Å². The predicted molar refractivity (Wildman–Crippen MR) is 99.0 cm³/mol. The molecular weight excluding hydrogens is 328 g/mol. The first-order chi connectivity index (χ1) is 12.6. The molecule has 6 atom stereocenters. The minimum Gasteiger partial charge on any atom is -0.468 e. The van der Waals surface area contributed by atoms with Gasteiger partial charge in [-0.25, -0.2) is 0 Å². The quantitative estimate of drug-likeness (QED) is 0.812. The standard InChI is InChI=1S/C21H26N2O3/c1-12(24)16-9-13-10-21(20(25)26-2)18-15(7-8-23(11-13)19(16)21)14-5-3-4-6-17(14)22-18/h3-6,12-13,16,19,22,24H,7-11H2,1-2H3/t12-,13+,16-,19-,21+/m0/s1. The Morgan fingerprint density at radius 3 is 3.00 bits per heavy atom. The topological polar surface area (TPSA) is 65.6 Å². The number of nitrogens with one attached hydrogen (secondary N) is 1. The van der Waals surface area contributed by atoms with Crippen LogP contribution in [0.4, 0.5) is 0 Å². The molecule has 3 fully saturated rings. The summed E-state index contributed by atoms with van der Waals surface area (Å²) in [4.78, 5) is 19.4. The Hall–Kier alpha value is -1.85. The number of carbonyl (C=O) groups excluding carboxylic acids is 1. The van der Waals surface area contributed by atoms with Crippen LogP contribution in [0.15, 0.2) is 24.3 Å². The summed E-state index contributed by atoms with van der Waals surface area (Å²) in [6.07, 6.45) is 2.30. The molecule has 4 heterocycles. The molecule has 5 heteroatoms. The average Bonchev–Trinajstić information content (AvgIpc) is 3.00. The lowest BCUT2D eigenvalue weighted by Gasteiger charge is -2.58. The number of hydrogen-bond acceptors (Lipinski definition) is 4. The van der Waals surface area contributed by atoms with Gasteiger partial charge in [0, 0.05) is 41.6 Å². The molecule has 3 aliphatic heterocycles. The Labute approximate surface area is 153 Å². The number of aliphatic hydroxyl groups is 1. The van der Waals surface area contributed by atoms with Gasteiger partial charge in [0.05, 0.1) is 13.2 Å². The van der Waals surface area contributed by atoms with Crippen LogP contribution in [0.5, 0.6) is 0 Å². The molecule has 1 aromatic heterocycles. The summed E-state index contributed by atoms with van der Waals surface area (Å²) in [5.41, 5.74) is 2.67. The molecule has 0 spiro atoms. The number of esters is 1. The molecule has 1 saturated carbocycles. The van der Waals surface area contributed by atoms with Crippen LogP contribution < -0.4 is 0 Å². The highest BCUT2D eigenvalue weighted by Gasteiger charge is 2.63. The van der Waals surface area contributed by atoms with E-state index < -0.39 is 11.5 Å². The first kappa shape index (κ1) is 16.3. The summed E-state index contributed by atoms with van der Waals surface area (Å²) in [6, 6.07) is 8.31. The zero-order chi connectivity index (χ0) is 18.1. The van der Waals surface area contributed by atoms with E-state index in [0.29, 0.717) is 5.92 Å². The zero-order valence-electron chi connectivity index (χ0n) is 15.4. The largest absolute Gasteiger partial charge is 0.468 e. The zero-order valence-corrected chi connectivity index (χ0v) is 15.4. The molecule has 2 saturated heterocycles. The maximum Gasteiger partial charge on any atom is 0.319 e. The van der Waals surface area contributed by atoms with Gasteiger partial charge in [0.2, 0.25) is 0 Å². The van der Waals surface area contributed by atoms with E-state index in [1.165, 1.54) is 18.1 Å². The van der Waals surface area contributed by atoms with Crippen molar-refractivity contribution in [2.75, 3.05) is 20.2 Å². The van der Waals surface area contributed by atoms with Crippen molar-refractivity contribution in [1.82, 2.24) is 9.88 Å². The Bertz CT molecular complexity index is 873. The fourth-order valence-corrected chi connectivity index (χ4v) is 6.23. The van der Waals surface area contributed by atoms with E-state index >= 15 is 0 Å². The monoisotopic (exact) mass is 354 g/mol. The van der Waals surface area contributed by atoms with E-state index in [2.05, 4.69) is 28.1 Å². The number of hydrogen-bond donors (Lipinski definition) is 2. The van der Waals surface area contributed by atoms with Crippen molar-refractivity contribution in [2.24, 2.45) is 11.8 Å². The number of nitrogens with zero attached hydrogens (tertiary/aromatic N) is 1. The van der Waals surface area contributed by atoms with Crippen LogP contribution in [0.3, 0.4) is 0 Å². The molecule has 2 aromatic rings. The third kappa shape index (κ3) is 1.96. The van der Waals surface area contributed by atoms with E-state index in [0.717, 1.165) is 43.6 Å². The summed E-state index contributed by atoms with van der Waals surface area (Å²) in [5.74, 6) is 0.354. The molecule has 26 heavy (non-hydrogen) atoms. The van der Waals surface area contributed by atoms with Crippen LogP contribution in [0.2, 0.25) is 0 Å².